The molecule has 2 N–H and O–H groups in total. The van der Waals surface area contributed by atoms with E-state index in [1.165, 1.54) is 6.42 Å². The maximum absolute atomic E-state index is 12.7. The number of halogens is 1. The molecule has 6 heteroatoms. The molecule has 0 saturated carbocycles. The largest absolute Gasteiger partial charge is 0.379 e. The third-order valence-corrected chi connectivity index (χ3v) is 4.86. The minimum Gasteiger partial charge on any atom is -0.379 e. The number of carbonyl (C=O) groups excluding carboxylic acids is 1. The number of benzene rings is 1. The number of likely N-dealkylation sites (tertiary alicyclic amines) is 1. The molecule has 1 aromatic rings. The molecular weight excluding hydrogens is 326 g/mol. The Bertz CT molecular complexity index is 518. The van der Waals surface area contributed by atoms with Crippen molar-refractivity contribution in [1.82, 2.24) is 9.80 Å². The number of nitrogens with two attached hydrogens (primary N) is 1. The lowest BCUT2D eigenvalue weighted by molar-refractivity contribution is 0.0224. The van der Waals surface area contributed by atoms with Crippen molar-refractivity contribution in [2.24, 2.45) is 11.7 Å². The van der Waals surface area contributed by atoms with E-state index in [2.05, 4.69) is 4.90 Å². The summed E-state index contributed by atoms with van der Waals surface area (Å²) in [6.07, 6.45) is 2.31. The van der Waals surface area contributed by atoms with Gasteiger partial charge in [0.2, 0.25) is 0 Å². The van der Waals surface area contributed by atoms with Gasteiger partial charge in [0.1, 0.15) is 0 Å². The van der Waals surface area contributed by atoms with Gasteiger partial charge in [0.25, 0.3) is 5.91 Å². The van der Waals surface area contributed by atoms with Crippen molar-refractivity contribution in [1.29, 1.82) is 0 Å². The molecule has 0 aromatic heterocycles. The van der Waals surface area contributed by atoms with Crippen LogP contribution >= 0.6 is 12.4 Å². The molecule has 0 aliphatic carbocycles. The molecule has 24 heavy (non-hydrogen) atoms. The van der Waals surface area contributed by atoms with Crippen LogP contribution in [-0.4, -0.2) is 61.6 Å². The predicted molar refractivity (Wildman–Crippen MR) is 97.5 cm³/mol. The fourth-order valence-corrected chi connectivity index (χ4v) is 3.51. The van der Waals surface area contributed by atoms with Crippen LogP contribution in [0.2, 0.25) is 0 Å². The fourth-order valence-electron chi connectivity index (χ4n) is 3.51. The average Bonchev–Trinajstić information content (AvgIpc) is 2.62. The molecule has 0 spiro atoms. The zero-order valence-corrected chi connectivity index (χ0v) is 15.0. The monoisotopic (exact) mass is 353 g/mol. The zero-order chi connectivity index (χ0) is 16.1. The predicted octanol–water partition coefficient (Wildman–Crippen LogP) is 1.75. The molecule has 1 unspecified atom stereocenters. The second-order valence-electron chi connectivity index (χ2n) is 6.57. The third kappa shape index (κ3) is 4.93. The van der Waals surface area contributed by atoms with Crippen molar-refractivity contribution < 1.29 is 9.53 Å². The maximum atomic E-state index is 12.7. The Morgan fingerprint density at radius 2 is 1.88 bits per heavy atom. The van der Waals surface area contributed by atoms with Crippen LogP contribution in [0.3, 0.4) is 0 Å². The van der Waals surface area contributed by atoms with Crippen LogP contribution in [-0.2, 0) is 11.3 Å². The number of nitrogens with zero attached hydrogens (tertiary/aromatic N) is 2. The van der Waals surface area contributed by atoms with Gasteiger partial charge in [0.05, 0.1) is 13.2 Å². The molecule has 5 nitrogen and oxygen atoms in total. The van der Waals surface area contributed by atoms with E-state index in [4.69, 9.17) is 10.5 Å². The summed E-state index contributed by atoms with van der Waals surface area (Å²) in [4.78, 5) is 17.2. The van der Waals surface area contributed by atoms with Crippen molar-refractivity contribution in [2.75, 3.05) is 45.9 Å². The number of amides is 1. The van der Waals surface area contributed by atoms with E-state index in [-0.39, 0.29) is 18.3 Å². The van der Waals surface area contributed by atoms with Crippen LogP contribution < -0.4 is 5.73 Å². The van der Waals surface area contributed by atoms with Gasteiger partial charge in [-0.1, -0.05) is 12.1 Å². The van der Waals surface area contributed by atoms with Gasteiger partial charge in [-0.25, -0.2) is 0 Å². The molecule has 1 amide bonds. The normalized spacial score (nSPS) is 22.0. The Balaban J connectivity index is 0.00000208. The van der Waals surface area contributed by atoms with E-state index < -0.39 is 0 Å². The smallest absolute Gasteiger partial charge is 0.253 e. The summed E-state index contributed by atoms with van der Waals surface area (Å²) in [6, 6.07) is 7.69. The first-order valence-electron chi connectivity index (χ1n) is 8.64. The van der Waals surface area contributed by atoms with Crippen molar-refractivity contribution in [3.8, 4) is 0 Å². The number of rotatable bonds is 4. The highest BCUT2D eigenvalue weighted by atomic mass is 35.5. The highest BCUT2D eigenvalue weighted by Gasteiger charge is 2.26. The fraction of sp³-hybridized carbons (Fsp3) is 0.611. The van der Waals surface area contributed by atoms with Gasteiger partial charge in [-0.3, -0.25) is 9.69 Å². The van der Waals surface area contributed by atoms with Crippen LogP contribution in [0.25, 0.3) is 0 Å². The SMILES string of the molecule is Cl.NCc1ccc(C(=O)N2CCCC(CN3CCOCC3)C2)cc1. The van der Waals surface area contributed by atoms with E-state index in [0.717, 1.165) is 63.5 Å². The molecule has 0 bridgehead atoms. The number of piperidine rings is 1. The van der Waals surface area contributed by atoms with Crippen molar-refractivity contribution in [3.63, 3.8) is 0 Å². The second kappa shape index (κ2) is 9.37. The summed E-state index contributed by atoms with van der Waals surface area (Å²) in [6.45, 7) is 7.05. The summed E-state index contributed by atoms with van der Waals surface area (Å²) in [7, 11) is 0. The number of carbonyl (C=O) groups is 1. The summed E-state index contributed by atoms with van der Waals surface area (Å²) >= 11 is 0. The molecule has 2 aliphatic rings. The summed E-state index contributed by atoms with van der Waals surface area (Å²) in [5, 5.41) is 0. The zero-order valence-electron chi connectivity index (χ0n) is 14.2. The quantitative estimate of drug-likeness (QED) is 0.896. The van der Waals surface area contributed by atoms with Crippen LogP contribution in [0, 0.1) is 5.92 Å². The van der Waals surface area contributed by atoms with Crippen LogP contribution in [0.4, 0.5) is 0 Å². The molecule has 2 aliphatic heterocycles. The molecule has 2 fully saturated rings. The molecule has 2 saturated heterocycles. The van der Waals surface area contributed by atoms with Gasteiger partial charge in [-0.2, -0.15) is 0 Å². The molecule has 3 rings (SSSR count). The lowest BCUT2D eigenvalue weighted by Crippen LogP contribution is -2.46. The minimum absolute atomic E-state index is 0. The highest BCUT2D eigenvalue weighted by Crippen LogP contribution is 2.20. The molecule has 0 radical (unpaired) electrons. The lowest BCUT2D eigenvalue weighted by Gasteiger charge is -2.36. The van der Waals surface area contributed by atoms with Gasteiger partial charge in [-0.05, 0) is 36.5 Å². The van der Waals surface area contributed by atoms with E-state index in [1.54, 1.807) is 0 Å². The topological polar surface area (TPSA) is 58.8 Å². The first-order chi connectivity index (χ1) is 11.3. The first-order valence-corrected chi connectivity index (χ1v) is 8.64. The highest BCUT2D eigenvalue weighted by molar-refractivity contribution is 5.94. The number of morpholine rings is 1. The Morgan fingerprint density at radius 1 is 1.17 bits per heavy atom. The van der Waals surface area contributed by atoms with E-state index in [1.807, 2.05) is 29.2 Å². The van der Waals surface area contributed by atoms with Gasteiger partial charge < -0.3 is 15.4 Å². The molecular formula is C18H28ClN3O2. The summed E-state index contributed by atoms with van der Waals surface area (Å²) in [5.41, 5.74) is 7.45. The van der Waals surface area contributed by atoms with Crippen molar-refractivity contribution >= 4 is 18.3 Å². The number of ether oxygens (including phenoxy) is 1. The van der Waals surface area contributed by atoms with Crippen LogP contribution in [0.1, 0.15) is 28.8 Å². The first kappa shape index (κ1) is 19.2. The van der Waals surface area contributed by atoms with Crippen LogP contribution in [0.5, 0.6) is 0 Å². The van der Waals surface area contributed by atoms with Crippen molar-refractivity contribution in [2.45, 2.75) is 19.4 Å². The molecule has 1 atom stereocenters. The van der Waals surface area contributed by atoms with Crippen molar-refractivity contribution in [3.05, 3.63) is 35.4 Å². The van der Waals surface area contributed by atoms with Gasteiger partial charge in [0, 0.05) is 44.8 Å². The molecule has 2 heterocycles. The summed E-state index contributed by atoms with van der Waals surface area (Å²) < 4.78 is 5.41. The third-order valence-electron chi connectivity index (χ3n) is 4.86. The molecule has 1 aromatic carbocycles. The number of hydrogen-bond donors (Lipinski definition) is 1. The van der Waals surface area contributed by atoms with E-state index in [0.29, 0.717) is 12.5 Å². The second-order valence-corrected chi connectivity index (χ2v) is 6.57. The lowest BCUT2D eigenvalue weighted by atomic mass is 9.96. The van der Waals surface area contributed by atoms with E-state index in [9.17, 15) is 4.79 Å². The summed E-state index contributed by atoms with van der Waals surface area (Å²) in [5.74, 6) is 0.731. The van der Waals surface area contributed by atoms with Gasteiger partial charge in [0.15, 0.2) is 0 Å². The van der Waals surface area contributed by atoms with Crippen LogP contribution in [0.15, 0.2) is 24.3 Å². The van der Waals surface area contributed by atoms with Gasteiger partial charge in [-0.15, -0.1) is 12.4 Å². The Kier molecular flexibility index (Phi) is 7.49. The Morgan fingerprint density at radius 3 is 2.54 bits per heavy atom. The average molecular weight is 354 g/mol. The molecule has 134 valence electrons. The van der Waals surface area contributed by atoms with E-state index >= 15 is 0 Å². The Labute approximate surface area is 150 Å². The number of hydrogen-bond acceptors (Lipinski definition) is 4. The maximum Gasteiger partial charge on any atom is 0.253 e. The van der Waals surface area contributed by atoms with Gasteiger partial charge >= 0.3 is 0 Å². The Hall–Kier alpha value is -1.14. The minimum atomic E-state index is 0. The standard InChI is InChI=1S/C18H27N3O2.ClH/c19-12-15-3-5-17(6-4-15)18(22)21-7-1-2-16(14-21)13-20-8-10-23-11-9-20;/h3-6,16H,1-2,7-14,19H2;1H.